The van der Waals surface area contributed by atoms with Crippen LogP contribution in [0.3, 0.4) is 0 Å². The Morgan fingerprint density at radius 2 is 2.09 bits per heavy atom. The molecule has 1 saturated carbocycles. The number of ether oxygens (including phenoxy) is 3. The predicted molar refractivity (Wildman–Crippen MR) is 101 cm³/mol. The molecule has 174 valence electrons. The van der Waals surface area contributed by atoms with Crippen molar-refractivity contribution in [1.29, 1.82) is 0 Å². The minimum atomic E-state index is -4.92. The standard InChI is InChI=1S/C18H21F3N6O5/c1-17(3-4-17)23-16(29)31-9-5-12(30-8-9)10-6-13(25-24-10)22-15(28)11-7-14(26-27(11)2)32-18(19,20)21/h6-7,9,12H,3-5,8H2,1-2H3,(H,23,29)(H2,22,24,25,28). The minimum Gasteiger partial charge on any atom is -0.444 e. The highest BCUT2D eigenvalue weighted by Crippen LogP contribution is 2.35. The molecule has 2 fully saturated rings. The zero-order valence-electron chi connectivity index (χ0n) is 17.2. The maximum Gasteiger partial charge on any atom is 0.574 e. The highest BCUT2D eigenvalue weighted by molar-refractivity contribution is 6.02. The second kappa shape index (κ2) is 8.00. The van der Waals surface area contributed by atoms with Crippen molar-refractivity contribution in [1.82, 2.24) is 25.3 Å². The van der Waals surface area contributed by atoms with E-state index >= 15 is 0 Å². The number of anilines is 1. The molecular formula is C18H21F3N6O5. The van der Waals surface area contributed by atoms with Crippen molar-refractivity contribution in [3.8, 4) is 5.88 Å². The van der Waals surface area contributed by atoms with Gasteiger partial charge in [0.2, 0.25) is 5.88 Å². The molecule has 3 N–H and O–H groups in total. The van der Waals surface area contributed by atoms with E-state index in [0.29, 0.717) is 12.1 Å². The van der Waals surface area contributed by atoms with Crippen molar-refractivity contribution in [3.05, 3.63) is 23.5 Å². The fourth-order valence-electron chi connectivity index (χ4n) is 3.20. The predicted octanol–water partition coefficient (Wildman–Crippen LogP) is 2.40. The highest BCUT2D eigenvalue weighted by Gasteiger charge is 2.40. The Hall–Kier alpha value is -3.29. The fraction of sp³-hybridized carbons (Fsp3) is 0.556. The number of H-pyrrole nitrogens is 1. The van der Waals surface area contributed by atoms with E-state index in [2.05, 4.69) is 30.7 Å². The van der Waals surface area contributed by atoms with Gasteiger partial charge in [-0.2, -0.15) is 5.10 Å². The molecule has 2 aliphatic rings. The van der Waals surface area contributed by atoms with Gasteiger partial charge in [-0.3, -0.25) is 14.6 Å². The fourth-order valence-corrected chi connectivity index (χ4v) is 3.20. The molecule has 2 amide bonds. The van der Waals surface area contributed by atoms with Gasteiger partial charge >= 0.3 is 12.5 Å². The summed E-state index contributed by atoms with van der Waals surface area (Å²) in [5.74, 6) is -1.34. The number of carbonyl (C=O) groups is 2. The monoisotopic (exact) mass is 458 g/mol. The van der Waals surface area contributed by atoms with Crippen LogP contribution in [0.15, 0.2) is 12.1 Å². The number of alkyl carbamates (subject to hydrolysis) is 1. The number of hydrogen-bond donors (Lipinski definition) is 3. The van der Waals surface area contributed by atoms with Gasteiger partial charge < -0.3 is 24.8 Å². The Labute approximate surface area is 179 Å². The lowest BCUT2D eigenvalue weighted by Gasteiger charge is -2.15. The first-order chi connectivity index (χ1) is 15.0. The largest absolute Gasteiger partial charge is 0.574 e. The minimum absolute atomic E-state index is 0.136. The van der Waals surface area contributed by atoms with E-state index in [1.807, 2.05) is 6.92 Å². The average Bonchev–Trinajstić information content (AvgIpc) is 3.07. The number of nitrogens with one attached hydrogen (secondary N) is 3. The van der Waals surface area contributed by atoms with Crippen molar-refractivity contribution in [3.63, 3.8) is 0 Å². The Bertz CT molecular complexity index is 1020. The molecule has 1 saturated heterocycles. The van der Waals surface area contributed by atoms with Crippen LogP contribution in [-0.4, -0.2) is 56.6 Å². The first-order valence-corrected chi connectivity index (χ1v) is 9.76. The van der Waals surface area contributed by atoms with E-state index in [9.17, 15) is 22.8 Å². The lowest BCUT2D eigenvalue weighted by Crippen LogP contribution is -2.37. The summed E-state index contributed by atoms with van der Waals surface area (Å²) in [7, 11) is 1.31. The third-order valence-electron chi connectivity index (χ3n) is 5.13. The number of rotatable bonds is 6. The van der Waals surface area contributed by atoms with Gasteiger partial charge in [0.25, 0.3) is 5.91 Å². The molecule has 1 aliphatic carbocycles. The Kier molecular flexibility index (Phi) is 5.48. The first kappa shape index (κ1) is 21.9. The van der Waals surface area contributed by atoms with Gasteiger partial charge in [-0.15, -0.1) is 18.3 Å². The molecule has 11 nitrogen and oxygen atoms in total. The van der Waals surface area contributed by atoms with Crippen molar-refractivity contribution in [2.45, 2.75) is 50.3 Å². The van der Waals surface area contributed by atoms with Gasteiger partial charge in [-0.25, -0.2) is 4.79 Å². The average molecular weight is 458 g/mol. The van der Waals surface area contributed by atoms with Crippen LogP contribution in [0.5, 0.6) is 5.88 Å². The molecule has 2 unspecified atom stereocenters. The third kappa shape index (κ3) is 5.30. The van der Waals surface area contributed by atoms with Crippen LogP contribution in [0.25, 0.3) is 0 Å². The molecule has 0 spiro atoms. The van der Waals surface area contributed by atoms with Gasteiger partial charge in [0.15, 0.2) is 5.82 Å². The van der Waals surface area contributed by atoms with Crippen LogP contribution in [0.2, 0.25) is 0 Å². The number of aryl methyl sites for hydroxylation is 1. The smallest absolute Gasteiger partial charge is 0.444 e. The van der Waals surface area contributed by atoms with Gasteiger partial charge in [-0.05, 0) is 19.8 Å². The van der Waals surface area contributed by atoms with Crippen molar-refractivity contribution in [2.24, 2.45) is 7.05 Å². The third-order valence-corrected chi connectivity index (χ3v) is 5.13. The molecular weight excluding hydrogens is 437 g/mol. The number of hydrogen-bond acceptors (Lipinski definition) is 7. The number of aromatic nitrogens is 4. The summed E-state index contributed by atoms with van der Waals surface area (Å²) in [5, 5.41) is 15.5. The first-order valence-electron chi connectivity index (χ1n) is 9.76. The maximum atomic E-state index is 12.4. The number of halogens is 3. The summed E-state index contributed by atoms with van der Waals surface area (Å²) >= 11 is 0. The zero-order valence-corrected chi connectivity index (χ0v) is 17.2. The Morgan fingerprint density at radius 3 is 2.78 bits per heavy atom. The van der Waals surface area contributed by atoms with E-state index in [0.717, 1.165) is 23.6 Å². The normalized spacial score (nSPS) is 21.8. The van der Waals surface area contributed by atoms with E-state index in [4.69, 9.17) is 9.47 Å². The van der Waals surface area contributed by atoms with Crippen molar-refractivity contribution >= 4 is 17.8 Å². The molecule has 32 heavy (non-hydrogen) atoms. The van der Waals surface area contributed by atoms with Gasteiger partial charge in [0.1, 0.15) is 17.9 Å². The van der Waals surface area contributed by atoms with Crippen LogP contribution in [0.1, 0.15) is 48.5 Å². The number of nitrogens with zero attached hydrogens (tertiary/aromatic N) is 3. The summed E-state index contributed by atoms with van der Waals surface area (Å²) < 4.78 is 52.7. The molecule has 3 heterocycles. The Morgan fingerprint density at radius 1 is 1.34 bits per heavy atom. The SMILES string of the molecule is Cn1nc(OC(F)(F)F)cc1C(=O)Nc1cc(C2CC(OC(=O)NC3(C)CC3)CO2)[nH]n1. The summed E-state index contributed by atoms with van der Waals surface area (Å²) in [5.41, 5.74) is 0.210. The molecule has 0 radical (unpaired) electrons. The number of amides is 2. The molecule has 2 atom stereocenters. The topological polar surface area (TPSA) is 132 Å². The molecule has 2 aromatic heterocycles. The molecule has 14 heteroatoms. The zero-order chi connectivity index (χ0) is 23.1. The molecule has 0 bridgehead atoms. The molecule has 2 aromatic rings. The van der Waals surface area contributed by atoms with Gasteiger partial charge in [-0.1, -0.05) is 0 Å². The summed E-state index contributed by atoms with van der Waals surface area (Å²) in [6, 6.07) is 2.39. The number of aromatic amines is 1. The lowest BCUT2D eigenvalue weighted by molar-refractivity contribution is -0.276. The van der Waals surface area contributed by atoms with E-state index in [-0.39, 0.29) is 23.7 Å². The van der Waals surface area contributed by atoms with Crippen molar-refractivity contribution < 1.29 is 37.0 Å². The van der Waals surface area contributed by atoms with Gasteiger partial charge in [0, 0.05) is 31.1 Å². The van der Waals surface area contributed by atoms with Crippen LogP contribution < -0.4 is 15.4 Å². The van der Waals surface area contributed by atoms with E-state index in [1.54, 1.807) is 0 Å². The van der Waals surface area contributed by atoms with Crippen molar-refractivity contribution in [2.75, 3.05) is 11.9 Å². The quantitative estimate of drug-likeness (QED) is 0.606. The maximum absolute atomic E-state index is 12.4. The second-order valence-corrected chi connectivity index (χ2v) is 7.97. The van der Waals surface area contributed by atoms with E-state index in [1.165, 1.54) is 13.1 Å². The summed E-state index contributed by atoms with van der Waals surface area (Å²) in [4.78, 5) is 24.3. The van der Waals surface area contributed by atoms with Crippen LogP contribution >= 0.6 is 0 Å². The number of alkyl halides is 3. The van der Waals surface area contributed by atoms with E-state index < -0.39 is 36.5 Å². The van der Waals surface area contributed by atoms with Crippen LogP contribution in [0, 0.1) is 0 Å². The molecule has 1 aliphatic heterocycles. The summed E-state index contributed by atoms with van der Waals surface area (Å²) in [6.07, 6.45) is -4.01. The summed E-state index contributed by atoms with van der Waals surface area (Å²) in [6.45, 7) is 2.16. The lowest BCUT2D eigenvalue weighted by atomic mass is 10.1. The van der Waals surface area contributed by atoms with Crippen LogP contribution in [0.4, 0.5) is 23.8 Å². The molecule has 0 aromatic carbocycles. The number of carbonyl (C=O) groups excluding carboxylic acids is 2. The highest BCUT2D eigenvalue weighted by atomic mass is 19.4. The van der Waals surface area contributed by atoms with Crippen LogP contribution in [-0.2, 0) is 16.5 Å². The second-order valence-electron chi connectivity index (χ2n) is 7.97. The molecule has 4 rings (SSSR count). The Balaban J connectivity index is 1.31. The van der Waals surface area contributed by atoms with Gasteiger partial charge in [0.05, 0.1) is 12.3 Å².